The maximum atomic E-state index is 11.5. The molecular formula is C12H15N5O2. The van der Waals surface area contributed by atoms with Gasteiger partial charge in [-0.25, -0.2) is 9.78 Å². The lowest BCUT2D eigenvalue weighted by molar-refractivity contribution is 0.0602. The number of ether oxygens (including phenoxy) is 1. The minimum absolute atomic E-state index is 0.279. The molecule has 0 aliphatic heterocycles. The number of nitrogens with zero attached hydrogens (tertiary/aromatic N) is 3. The summed E-state index contributed by atoms with van der Waals surface area (Å²) in [5.41, 5.74) is 7.02. The summed E-state index contributed by atoms with van der Waals surface area (Å²) in [5.74, 6) is 0.0115. The van der Waals surface area contributed by atoms with Crippen molar-refractivity contribution in [3.05, 3.63) is 30.2 Å². The quantitative estimate of drug-likeness (QED) is 0.808. The largest absolute Gasteiger partial charge is 0.465 e. The van der Waals surface area contributed by atoms with Gasteiger partial charge in [0, 0.05) is 12.7 Å². The third kappa shape index (κ3) is 2.82. The number of nitrogens with two attached hydrogens (primary N) is 1. The molecule has 0 aliphatic carbocycles. The van der Waals surface area contributed by atoms with Crippen LogP contribution in [0.3, 0.4) is 0 Å². The minimum Gasteiger partial charge on any atom is -0.465 e. The maximum absolute atomic E-state index is 11.5. The summed E-state index contributed by atoms with van der Waals surface area (Å²) >= 11 is 0. The first-order chi connectivity index (χ1) is 9.13. The van der Waals surface area contributed by atoms with Crippen molar-refractivity contribution in [3.63, 3.8) is 0 Å². The molecule has 2 aromatic heterocycles. The number of aryl methyl sites for hydroxylation is 1. The molecule has 0 spiro atoms. The van der Waals surface area contributed by atoms with Crippen molar-refractivity contribution in [3.8, 4) is 0 Å². The monoisotopic (exact) mass is 261 g/mol. The molecule has 0 unspecified atom stereocenters. The summed E-state index contributed by atoms with van der Waals surface area (Å²) in [6.07, 6.45) is 4.94. The Morgan fingerprint density at radius 2 is 2.32 bits per heavy atom. The number of aromatic nitrogens is 3. The van der Waals surface area contributed by atoms with E-state index in [9.17, 15) is 4.79 Å². The average Bonchev–Trinajstić information content (AvgIpc) is 2.87. The van der Waals surface area contributed by atoms with Crippen molar-refractivity contribution < 1.29 is 9.53 Å². The molecule has 0 bridgehead atoms. The van der Waals surface area contributed by atoms with Crippen LogP contribution >= 0.6 is 0 Å². The van der Waals surface area contributed by atoms with Crippen LogP contribution in [0.15, 0.2) is 24.7 Å². The molecule has 0 saturated heterocycles. The van der Waals surface area contributed by atoms with E-state index >= 15 is 0 Å². The number of methoxy groups -OCH3 is 1. The Bertz CT molecular complexity index is 594. The summed E-state index contributed by atoms with van der Waals surface area (Å²) in [5, 5.41) is 7.18. The summed E-state index contributed by atoms with van der Waals surface area (Å²) in [4.78, 5) is 15.6. The summed E-state index contributed by atoms with van der Waals surface area (Å²) in [6.45, 7) is 2.78. The van der Waals surface area contributed by atoms with Crippen molar-refractivity contribution in [2.24, 2.45) is 0 Å². The molecule has 100 valence electrons. The van der Waals surface area contributed by atoms with Crippen molar-refractivity contribution in [1.82, 2.24) is 14.8 Å². The third-order valence-corrected chi connectivity index (χ3v) is 2.57. The van der Waals surface area contributed by atoms with Crippen molar-refractivity contribution >= 4 is 23.2 Å². The van der Waals surface area contributed by atoms with Gasteiger partial charge in [-0.2, -0.15) is 5.10 Å². The van der Waals surface area contributed by atoms with E-state index in [-0.39, 0.29) is 11.3 Å². The Balaban J connectivity index is 2.23. The van der Waals surface area contributed by atoms with Crippen molar-refractivity contribution in [2.45, 2.75) is 13.5 Å². The fraction of sp³-hybridized carbons (Fsp3) is 0.250. The zero-order chi connectivity index (χ0) is 13.8. The van der Waals surface area contributed by atoms with Crippen LogP contribution in [0.2, 0.25) is 0 Å². The van der Waals surface area contributed by atoms with E-state index in [0.717, 1.165) is 12.2 Å². The minimum atomic E-state index is -0.493. The zero-order valence-electron chi connectivity index (χ0n) is 10.8. The van der Waals surface area contributed by atoms with Gasteiger partial charge < -0.3 is 15.8 Å². The molecule has 19 heavy (non-hydrogen) atoms. The highest BCUT2D eigenvalue weighted by Gasteiger charge is 2.12. The fourth-order valence-corrected chi connectivity index (χ4v) is 1.57. The molecular weight excluding hydrogens is 246 g/mol. The predicted octanol–water partition coefficient (Wildman–Crippen LogP) is 1.41. The lowest BCUT2D eigenvalue weighted by Crippen LogP contribution is -2.07. The SMILES string of the molecule is CCn1cc(Nc2cc(C(=O)OC)c(N)cn2)cn1. The topological polar surface area (TPSA) is 95.1 Å². The Morgan fingerprint density at radius 3 is 2.95 bits per heavy atom. The first kappa shape index (κ1) is 12.9. The number of carbonyl (C=O) groups excluding carboxylic acids is 1. The van der Waals surface area contributed by atoms with Gasteiger partial charge in [0.15, 0.2) is 0 Å². The molecule has 2 heterocycles. The molecule has 2 aromatic rings. The number of carbonyl (C=O) groups is 1. The summed E-state index contributed by atoms with van der Waals surface area (Å²) in [7, 11) is 1.31. The molecule has 0 radical (unpaired) electrons. The number of esters is 1. The van der Waals surface area contributed by atoms with Crippen molar-refractivity contribution in [1.29, 1.82) is 0 Å². The van der Waals surface area contributed by atoms with Crippen LogP contribution in [0.25, 0.3) is 0 Å². The van der Waals surface area contributed by atoms with Gasteiger partial charge in [-0.05, 0) is 13.0 Å². The Kier molecular flexibility index (Phi) is 3.65. The van der Waals surface area contributed by atoms with E-state index in [4.69, 9.17) is 5.73 Å². The second-order valence-corrected chi connectivity index (χ2v) is 3.86. The van der Waals surface area contributed by atoms with Gasteiger partial charge in [0.1, 0.15) is 5.82 Å². The molecule has 0 aliphatic rings. The first-order valence-electron chi connectivity index (χ1n) is 5.77. The average molecular weight is 261 g/mol. The number of hydrogen-bond donors (Lipinski definition) is 2. The van der Waals surface area contributed by atoms with Gasteiger partial charge in [0.25, 0.3) is 0 Å². The van der Waals surface area contributed by atoms with Gasteiger partial charge >= 0.3 is 5.97 Å². The molecule has 0 amide bonds. The van der Waals surface area contributed by atoms with Gasteiger partial charge in [-0.1, -0.05) is 0 Å². The van der Waals surface area contributed by atoms with Crippen LogP contribution in [-0.2, 0) is 11.3 Å². The second kappa shape index (κ2) is 5.38. The summed E-state index contributed by atoms with van der Waals surface area (Å²) < 4.78 is 6.43. The predicted molar refractivity (Wildman–Crippen MR) is 71.2 cm³/mol. The van der Waals surface area contributed by atoms with E-state index < -0.39 is 5.97 Å². The highest BCUT2D eigenvalue weighted by molar-refractivity contribution is 5.95. The maximum Gasteiger partial charge on any atom is 0.340 e. The van der Waals surface area contributed by atoms with Crippen molar-refractivity contribution in [2.75, 3.05) is 18.2 Å². The standard InChI is InChI=1S/C12H15N5O2/c1-3-17-7-8(5-15-17)16-11-4-9(12(18)19-2)10(13)6-14-11/h4-7H,3,13H2,1-2H3,(H,14,16). The zero-order valence-corrected chi connectivity index (χ0v) is 10.8. The highest BCUT2D eigenvalue weighted by atomic mass is 16.5. The van der Waals surface area contributed by atoms with Crippen LogP contribution in [0.5, 0.6) is 0 Å². The normalized spacial score (nSPS) is 10.2. The highest BCUT2D eigenvalue weighted by Crippen LogP contribution is 2.19. The molecule has 0 fully saturated rings. The van der Waals surface area contributed by atoms with E-state index in [1.807, 2.05) is 13.1 Å². The Hall–Kier alpha value is -2.57. The molecule has 0 atom stereocenters. The number of rotatable bonds is 4. The molecule has 0 aromatic carbocycles. The molecule has 0 saturated carbocycles. The van der Waals surface area contributed by atoms with E-state index in [1.165, 1.54) is 13.3 Å². The van der Waals surface area contributed by atoms with Gasteiger partial charge in [-0.15, -0.1) is 0 Å². The number of anilines is 3. The Morgan fingerprint density at radius 1 is 1.53 bits per heavy atom. The van der Waals surface area contributed by atoms with Gasteiger partial charge in [-0.3, -0.25) is 4.68 Å². The second-order valence-electron chi connectivity index (χ2n) is 3.86. The number of nitrogens with one attached hydrogen (secondary N) is 1. The third-order valence-electron chi connectivity index (χ3n) is 2.57. The van der Waals surface area contributed by atoms with Gasteiger partial charge in [0.05, 0.1) is 36.4 Å². The number of pyridine rings is 1. The lowest BCUT2D eigenvalue weighted by Gasteiger charge is -2.07. The molecule has 2 rings (SSSR count). The van der Waals surface area contributed by atoms with Crippen LogP contribution in [0.1, 0.15) is 17.3 Å². The van der Waals surface area contributed by atoms with Gasteiger partial charge in [0.2, 0.25) is 0 Å². The molecule has 7 nitrogen and oxygen atoms in total. The summed E-state index contributed by atoms with van der Waals surface area (Å²) in [6, 6.07) is 1.55. The molecule has 7 heteroatoms. The van der Waals surface area contributed by atoms with Crippen LogP contribution in [0.4, 0.5) is 17.2 Å². The van der Waals surface area contributed by atoms with E-state index in [2.05, 4.69) is 20.1 Å². The Labute approximate surface area is 110 Å². The smallest absolute Gasteiger partial charge is 0.340 e. The van der Waals surface area contributed by atoms with Crippen LogP contribution < -0.4 is 11.1 Å². The molecule has 3 N–H and O–H groups in total. The first-order valence-corrected chi connectivity index (χ1v) is 5.77. The lowest BCUT2D eigenvalue weighted by atomic mass is 10.2. The number of nitrogen functional groups attached to an aromatic ring is 1. The van der Waals surface area contributed by atoms with E-state index in [1.54, 1.807) is 16.9 Å². The number of hydrogen-bond acceptors (Lipinski definition) is 6. The fourth-order valence-electron chi connectivity index (χ4n) is 1.57. The van der Waals surface area contributed by atoms with E-state index in [0.29, 0.717) is 5.82 Å². The van der Waals surface area contributed by atoms with Crippen LogP contribution in [-0.4, -0.2) is 27.8 Å². The van der Waals surface area contributed by atoms with Crippen LogP contribution in [0, 0.1) is 0 Å².